The van der Waals surface area contributed by atoms with Crippen molar-refractivity contribution in [2.45, 2.75) is 33.1 Å². The molecule has 0 saturated carbocycles. The van der Waals surface area contributed by atoms with Crippen LogP contribution < -0.4 is 15.4 Å². The first-order valence-electron chi connectivity index (χ1n) is 7.13. The van der Waals surface area contributed by atoms with Crippen molar-refractivity contribution in [3.63, 3.8) is 0 Å². The molecule has 0 unspecified atom stereocenters. The van der Waals surface area contributed by atoms with Crippen molar-refractivity contribution in [1.82, 2.24) is 5.32 Å². The van der Waals surface area contributed by atoms with Crippen LogP contribution in [0.15, 0.2) is 24.3 Å². The molecule has 0 atom stereocenters. The van der Waals surface area contributed by atoms with Gasteiger partial charge >= 0.3 is 12.4 Å². The zero-order valence-electron chi connectivity index (χ0n) is 13.0. The summed E-state index contributed by atoms with van der Waals surface area (Å²) in [5.74, 6) is -0.475. The molecular formula is C15H21F3N2O3. The van der Waals surface area contributed by atoms with Gasteiger partial charge in [0.25, 0.3) is 0 Å². The normalized spacial score (nSPS) is 11.9. The van der Waals surface area contributed by atoms with Crippen LogP contribution in [0.1, 0.15) is 26.7 Å². The third-order valence-corrected chi connectivity index (χ3v) is 3.10. The number of rotatable bonds is 7. The van der Waals surface area contributed by atoms with Gasteiger partial charge in [-0.3, -0.25) is 0 Å². The number of amides is 2. The minimum atomic E-state index is -4.83. The monoisotopic (exact) mass is 334 g/mol. The second-order valence-electron chi connectivity index (χ2n) is 5.85. The summed E-state index contributed by atoms with van der Waals surface area (Å²) < 4.78 is 40.7. The van der Waals surface area contributed by atoms with E-state index in [1.54, 1.807) is 0 Å². The van der Waals surface area contributed by atoms with Gasteiger partial charge in [0.15, 0.2) is 5.75 Å². The number of aliphatic hydroxyl groups excluding tert-OH is 1. The number of aliphatic hydroxyl groups is 1. The van der Waals surface area contributed by atoms with E-state index in [2.05, 4.69) is 15.4 Å². The summed E-state index contributed by atoms with van der Waals surface area (Å²) in [4.78, 5) is 11.7. The Hall–Kier alpha value is -1.96. The second-order valence-corrected chi connectivity index (χ2v) is 5.85. The molecule has 0 radical (unpaired) electrons. The molecule has 23 heavy (non-hydrogen) atoms. The van der Waals surface area contributed by atoms with Gasteiger partial charge in [0.05, 0.1) is 5.69 Å². The van der Waals surface area contributed by atoms with Crippen LogP contribution in [0, 0.1) is 5.41 Å². The molecule has 8 heteroatoms. The molecule has 0 saturated heterocycles. The predicted octanol–water partition coefficient (Wildman–Crippen LogP) is 3.51. The fourth-order valence-electron chi connectivity index (χ4n) is 1.80. The standard InChI is InChI=1S/C15H21F3N2O3/c1-14(2,10-21)8-5-9-19-13(22)20-11-6-3-4-7-12(11)23-15(16,17)18/h3-4,6-7,21H,5,8-10H2,1-2H3,(H2,19,20,22). The lowest BCUT2D eigenvalue weighted by Crippen LogP contribution is -2.31. The number of urea groups is 1. The molecule has 0 aliphatic carbocycles. The topological polar surface area (TPSA) is 70.6 Å². The molecule has 130 valence electrons. The predicted molar refractivity (Wildman–Crippen MR) is 80.2 cm³/mol. The van der Waals surface area contributed by atoms with Crippen molar-refractivity contribution in [3.05, 3.63) is 24.3 Å². The summed E-state index contributed by atoms with van der Waals surface area (Å²) in [6.07, 6.45) is -3.48. The van der Waals surface area contributed by atoms with E-state index >= 15 is 0 Å². The molecule has 0 heterocycles. The number of anilines is 1. The van der Waals surface area contributed by atoms with Gasteiger partial charge in [0.2, 0.25) is 0 Å². The molecule has 0 spiro atoms. The van der Waals surface area contributed by atoms with E-state index in [4.69, 9.17) is 5.11 Å². The third kappa shape index (κ3) is 7.73. The van der Waals surface area contributed by atoms with Gasteiger partial charge in [-0.05, 0) is 30.4 Å². The number of carbonyl (C=O) groups excluding carboxylic acids is 1. The molecule has 5 nitrogen and oxygen atoms in total. The number of ether oxygens (including phenoxy) is 1. The largest absolute Gasteiger partial charge is 0.573 e. The lowest BCUT2D eigenvalue weighted by molar-refractivity contribution is -0.274. The van der Waals surface area contributed by atoms with Crippen molar-refractivity contribution in [3.8, 4) is 5.75 Å². The van der Waals surface area contributed by atoms with Gasteiger partial charge in [-0.15, -0.1) is 13.2 Å². The van der Waals surface area contributed by atoms with Crippen LogP contribution in [0.5, 0.6) is 5.75 Å². The fourth-order valence-corrected chi connectivity index (χ4v) is 1.80. The maximum Gasteiger partial charge on any atom is 0.573 e. The highest BCUT2D eigenvalue weighted by molar-refractivity contribution is 5.90. The van der Waals surface area contributed by atoms with Crippen LogP contribution in [-0.2, 0) is 0 Å². The molecule has 3 N–H and O–H groups in total. The highest BCUT2D eigenvalue weighted by Crippen LogP contribution is 2.29. The Labute approximate surface area is 132 Å². The van der Waals surface area contributed by atoms with Gasteiger partial charge in [-0.25, -0.2) is 4.79 Å². The highest BCUT2D eigenvalue weighted by atomic mass is 19.4. The minimum absolute atomic E-state index is 0.0430. The Morgan fingerprint density at radius 2 is 1.91 bits per heavy atom. The van der Waals surface area contributed by atoms with E-state index in [1.807, 2.05) is 13.8 Å². The average Bonchev–Trinajstić information content (AvgIpc) is 2.44. The van der Waals surface area contributed by atoms with Crippen molar-refractivity contribution >= 4 is 11.7 Å². The minimum Gasteiger partial charge on any atom is -0.404 e. The maximum atomic E-state index is 12.3. The lowest BCUT2D eigenvalue weighted by Gasteiger charge is -2.21. The SMILES string of the molecule is CC(C)(CO)CCCNC(=O)Nc1ccccc1OC(F)(F)F. The van der Waals surface area contributed by atoms with E-state index in [0.29, 0.717) is 19.4 Å². The van der Waals surface area contributed by atoms with E-state index in [9.17, 15) is 18.0 Å². The molecule has 0 aliphatic heterocycles. The Morgan fingerprint density at radius 3 is 2.52 bits per heavy atom. The van der Waals surface area contributed by atoms with E-state index in [-0.39, 0.29) is 17.7 Å². The summed E-state index contributed by atoms with van der Waals surface area (Å²) in [7, 11) is 0. The van der Waals surface area contributed by atoms with Gasteiger partial charge in [0, 0.05) is 13.2 Å². The lowest BCUT2D eigenvalue weighted by atomic mass is 9.89. The first kappa shape index (κ1) is 19.1. The fraction of sp³-hybridized carbons (Fsp3) is 0.533. The van der Waals surface area contributed by atoms with Gasteiger partial charge in [-0.2, -0.15) is 0 Å². The van der Waals surface area contributed by atoms with Gasteiger partial charge in [-0.1, -0.05) is 26.0 Å². The molecular weight excluding hydrogens is 313 g/mol. The Morgan fingerprint density at radius 1 is 1.26 bits per heavy atom. The highest BCUT2D eigenvalue weighted by Gasteiger charge is 2.32. The summed E-state index contributed by atoms with van der Waals surface area (Å²) in [6.45, 7) is 4.19. The quantitative estimate of drug-likeness (QED) is 0.668. The van der Waals surface area contributed by atoms with Crippen LogP contribution >= 0.6 is 0 Å². The average molecular weight is 334 g/mol. The number of hydrogen-bond donors (Lipinski definition) is 3. The first-order chi connectivity index (χ1) is 10.6. The molecule has 1 aromatic rings. The van der Waals surface area contributed by atoms with Crippen LogP contribution in [-0.4, -0.2) is 30.7 Å². The zero-order valence-corrected chi connectivity index (χ0v) is 13.0. The molecule has 0 fully saturated rings. The second kappa shape index (κ2) is 8.05. The van der Waals surface area contributed by atoms with Crippen LogP contribution in [0.3, 0.4) is 0 Å². The third-order valence-electron chi connectivity index (χ3n) is 3.10. The number of halogens is 3. The van der Waals surface area contributed by atoms with Crippen LogP contribution in [0.4, 0.5) is 23.7 Å². The molecule has 0 aliphatic rings. The summed E-state index contributed by atoms with van der Waals surface area (Å²) >= 11 is 0. The molecule has 1 rings (SSSR count). The van der Waals surface area contributed by atoms with Gasteiger partial charge in [0.1, 0.15) is 0 Å². The van der Waals surface area contributed by atoms with E-state index in [1.165, 1.54) is 18.2 Å². The Kier molecular flexibility index (Phi) is 6.68. The zero-order chi connectivity index (χ0) is 17.5. The first-order valence-corrected chi connectivity index (χ1v) is 7.13. The summed E-state index contributed by atoms with van der Waals surface area (Å²) in [6, 6.07) is 4.68. The van der Waals surface area contributed by atoms with Crippen molar-refractivity contribution in [2.75, 3.05) is 18.5 Å². The number of hydrogen-bond acceptors (Lipinski definition) is 3. The maximum absolute atomic E-state index is 12.3. The van der Waals surface area contributed by atoms with E-state index < -0.39 is 18.1 Å². The van der Waals surface area contributed by atoms with Crippen molar-refractivity contribution < 1.29 is 27.8 Å². The molecule has 2 amide bonds. The number of benzene rings is 1. The summed E-state index contributed by atoms with van der Waals surface area (Å²) in [5, 5.41) is 14.0. The Balaban J connectivity index is 2.49. The number of para-hydroxylation sites is 2. The Bertz CT molecular complexity index is 519. The number of nitrogens with one attached hydrogen (secondary N) is 2. The molecule has 0 bridgehead atoms. The smallest absolute Gasteiger partial charge is 0.404 e. The summed E-state index contributed by atoms with van der Waals surface area (Å²) in [5.41, 5.74) is -0.302. The van der Waals surface area contributed by atoms with Crippen molar-refractivity contribution in [2.24, 2.45) is 5.41 Å². The van der Waals surface area contributed by atoms with Crippen molar-refractivity contribution in [1.29, 1.82) is 0 Å². The van der Waals surface area contributed by atoms with Crippen LogP contribution in [0.2, 0.25) is 0 Å². The number of carbonyl (C=O) groups is 1. The van der Waals surface area contributed by atoms with E-state index in [0.717, 1.165) is 6.07 Å². The molecule has 0 aromatic heterocycles. The van der Waals surface area contributed by atoms with Crippen LogP contribution in [0.25, 0.3) is 0 Å². The van der Waals surface area contributed by atoms with Gasteiger partial charge < -0.3 is 20.5 Å². The molecule has 1 aromatic carbocycles. The number of alkyl halides is 3.